The van der Waals surface area contributed by atoms with E-state index in [-0.39, 0.29) is 12.5 Å². The Labute approximate surface area is 107 Å². The van der Waals surface area contributed by atoms with Crippen molar-refractivity contribution in [3.05, 3.63) is 0 Å². The topological polar surface area (TPSA) is 76.4 Å². The molecule has 6 nitrogen and oxygen atoms in total. The zero-order valence-corrected chi connectivity index (χ0v) is 10.8. The number of hydrogen-bond acceptors (Lipinski definition) is 4. The van der Waals surface area contributed by atoms with Crippen LogP contribution in [0.2, 0.25) is 0 Å². The number of piperidine rings is 1. The maximum Gasteiger partial charge on any atom is 0.325 e. The Bertz CT molecular complexity index is 405. The maximum absolute atomic E-state index is 12.2. The van der Waals surface area contributed by atoms with Gasteiger partial charge >= 0.3 is 6.03 Å². The van der Waals surface area contributed by atoms with Crippen molar-refractivity contribution in [2.45, 2.75) is 38.3 Å². The Balaban J connectivity index is 2.09. The number of urea groups is 1. The van der Waals surface area contributed by atoms with Gasteiger partial charge in [0.2, 0.25) is 0 Å². The predicted molar refractivity (Wildman–Crippen MR) is 64.5 cm³/mol. The van der Waals surface area contributed by atoms with Crippen molar-refractivity contribution in [3.63, 3.8) is 0 Å². The van der Waals surface area contributed by atoms with Crippen LogP contribution in [0.15, 0.2) is 0 Å². The first-order valence-electron chi connectivity index (χ1n) is 6.25. The molecule has 3 amide bonds. The van der Waals surface area contributed by atoms with Crippen molar-refractivity contribution in [1.82, 2.24) is 15.1 Å². The Morgan fingerprint density at radius 1 is 1.39 bits per heavy atom. The van der Waals surface area contributed by atoms with E-state index in [1.807, 2.05) is 6.07 Å². The highest BCUT2D eigenvalue weighted by atomic mass is 16.2. The molecule has 0 bridgehead atoms. The van der Waals surface area contributed by atoms with Crippen LogP contribution in [0, 0.1) is 11.3 Å². The van der Waals surface area contributed by atoms with Gasteiger partial charge in [0.05, 0.1) is 6.07 Å². The first-order valence-corrected chi connectivity index (χ1v) is 6.25. The molecule has 0 aromatic carbocycles. The van der Waals surface area contributed by atoms with Gasteiger partial charge in [-0.3, -0.25) is 4.79 Å². The molecule has 0 aromatic rings. The van der Waals surface area contributed by atoms with Crippen LogP contribution in [0.1, 0.15) is 26.7 Å². The number of carbonyl (C=O) groups is 2. The third-order valence-corrected chi connectivity index (χ3v) is 3.86. The average Bonchev–Trinajstić information content (AvgIpc) is 2.55. The average molecular weight is 250 g/mol. The van der Waals surface area contributed by atoms with E-state index in [0.717, 1.165) is 18.0 Å². The summed E-state index contributed by atoms with van der Waals surface area (Å²) in [4.78, 5) is 27.2. The molecule has 0 atom stereocenters. The first-order chi connectivity index (χ1) is 8.50. The minimum atomic E-state index is -0.765. The molecule has 0 radical (unpaired) electrons. The number of nitriles is 1. The summed E-state index contributed by atoms with van der Waals surface area (Å²) < 4.78 is 0. The highest BCUT2D eigenvalue weighted by Crippen LogP contribution is 2.29. The van der Waals surface area contributed by atoms with E-state index in [1.165, 1.54) is 0 Å². The molecule has 0 unspecified atom stereocenters. The summed E-state index contributed by atoms with van der Waals surface area (Å²) in [7, 11) is 0. The Hall–Kier alpha value is -1.61. The molecule has 1 spiro atoms. The molecule has 0 aliphatic carbocycles. The number of hydrogen-bond donors (Lipinski definition) is 1. The summed E-state index contributed by atoms with van der Waals surface area (Å²) in [5.74, 6) is -0.238. The fourth-order valence-corrected chi connectivity index (χ4v) is 2.65. The van der Waals surface area contributed by atoms with E-state index in [2.05, 4.69) is 24.1 Å². The second-order valence-electron chi connectivity index (χ2n) is 5.19. The third-order valence-electron chi connectivity index (χ3n) is 3.86. The van der Waals surface area contributed by atoms with Crippen LogP contribution in [0.3, 0.4) is 0 Å². The quantitative estimate of drug-likeness (QED) is 0.565. The van der Waals surface area contributed by atoms with Gasteiger partial charge in [0.1, 0.15) is 12.1 Å². The number of imide groups is 1. The molecule has 1 N–H and O–H groups in total. The van der Waals surface area contributed by atoms with E-state index in [1.54, 1.807) is 0 Å². The van der Waals surface area contributed by atoms with Gasteiger partial charge in [0, 0.05) is 19.1 Å². The molecule has 0 saturated carbocycles. The second kappa shape index (κ2) is 4.58. The summed E-state index contributed by atoms with van der Waals surface area (Å²) in [6, 6.07) is 1.87. The van der Waals surface area contributed by atoms with Crippen molar-refractivity contribution < 1.29 is 9.59 Å². The van der Waals surface area contributed by atoms with Crippen molar-refractivity contribution >= 4 is 11.9 Å². The van der Waals surface area contributed by atoms with Crippen molar-refractivity contribution in [2.75, 3.05) is 19.6 Å². The standard InChI is InChI=1S/C12H18N4O2/c1-9(2)15-6-3-12(4-7-15)10(17)16(8-5-13)11(18)14-12/h9H,3-4,6-8H2,1-2H3,(H,14,18). The first kappa shape index (κ1) is 12.8. The lowest BCUT2D eigenvalue weighted by Gasteiger charge is -2.39. The fraction of sp³-hybridized carbons (Fsp3) is 0.750. The smallest absolute Gasteiger partial charge is 0.323 e. The van der Waals surface area contributed by atoms with Crippen LogP contribution in [-0.2, 0) is 4.79 Å². The van der Waals surface area contributed by atoms with Crippen molar-refractivity contribution in [2.24, 2.45) is 0 Å². The number of nitrogens with one attached hydrogen (secondary N) is 1. The van der Waals surface area contributed by atoms with E-state index in [0.29, 0.717) is 18.9 Å². The zero-order valence-electron chi connectivity index (χ0n) is 10.8. The van der Waals surface area contributed by atoms with Gasteiger partial charge in [-0.05, 0) is 26.7 Å². The molecule has 2 aliphatic rings. The summed E-state index contributed by atoms with van der Waals surface area (Å²) in [6.45, 7) is 5.67. The fourth-order valence-electron chi connectivity index (χ4n) is 2.65. The van der Waals surface area contributed by atoms with Gasteiger partial charge in [-0.1, -0.05) is 0 Å². The number of amides is 3. The number of nitrogens with zero attached hydrogens (tertiary/aromatic N) is 3. The molecule has 0 aromatic heterocycles. The molecule has 2 aliphatic heterocycles. The summed E-state index contributed by atoms with van der Waals surface area (Å²) in [6.07, 6.45) is 1.25. The van der Waals surface area contributed by atoms with E-state index in [4.69, 9.17) is 5.26 Å². The lowest BCUT2D eigenvalue weighted by molar-refractivity contribution is -0.132. The normalized spacial score (nSPS) is 23.6. The van der Waals surface area contributed by atoms with Gasteiger partial charge in [-0.25, -0.2) is 9.69 Å². The van der Waals surface area contributed by atoms with Crippen LogP contribution in [0.5, 0.6) is 0 Å². The molecule has 18 heavy (non-hydrogen) atoms. The summed E-state index contributed by atoms with van der Waals surface area (Å²) >= 11 is 0. The highest BCUT2D eigenvalue weighted by Gasteiger charge is 2.52. The number of carbonyl (C=O) groups excluding carboxylic acids is 2. The Morgan fingerprint density at radius 2 is 2.00 bits per heavy atom. The predicted octanol–water partition coefficient (Wildman–Crippen LogP) is 0.305. The summed E-state index contributed by atoms with van der Waals surface area (Å²) in [5.41, 5.74) is -0.765. The van der Waals surface area contributed by atoms with Gasteiger partial charge in [-0.2, -0.15) is 5.26 Å². The lowest BCUT2D eigenvalue weighted by Crippen LogP contribution is -2.56. The highest BCUT2D eigenvalue weighted by molar-refractivity contribution is 6.07. The zero-order chi connectivity index (χ0) is 13.3. The largest absolute Gasteiger partial charge is 0.325 e. The lowest BCUT2D eigenvalue weighted by atomic mass is 9.87. The second-order valence-corrected chi connectivity index (χ2v) is 5.19. The van der Waals surface area contributed by atoms with Crippen LogP contribution < -0.4 is 5.32 Å². The van der Waals surface area contributed by atoms with E-state index >= 15 is 0 Å². The molecule has 2 rings (SSSR count). The van der Waals surface area contributed by atoms with Gasteiger partial charge in [-0.15, -0.1) is 0 Å². The maximum atomic E-state index is 12.2. The molecule has 2 saturated heterocycles. The molecule has 6 heteroatoms. The minimum absolute atomic E-state index is 0.166. The third kappa shape index (κ3) is 1.95. The molecular weight excluding hydrogens is 232 g/mol. The van der Waals surface area contributed by atoms with Crippen LogP contribution in [-0.4, -0.2) is 53.0 Å². The van der Waals surface area contributed by atoms with Crippen LogP contribution >= 0.6 is 0 Å². The SMILES string of the molecule is CC(C)N1CCC2(CC1)NC(=O)N(CC#N)C2=O. The van der Waals surface area contributed by atoms with Crippen molar-refractivity contribution in [1.29, 1.82) is 5.26 Å². The van der Waals surface area contributed by atoms with Gasteiger partial charge in [0.15, 0.2) is 0 Å². The molecule has 98 valence electrons. The van der Waals surface area contributed by atoms with E-state index < -0.39 is 11.6 Å². The monoisotopic (exact) mass is 250 g/mol. The molecule has 2 fully saturated rings. The molecular formula is C12H18N4O2. The van der Waals surface area contributed by atoms with Gasteiger partial charge in [0.25, 0.3) is 5.91 Å². The van der Waals surface area contributed by atoms with Crippen LogP contribution in [0.4, 0.5) is 4.79 Å². The van der Waals surface area contributed by atoms with Crippen LogP contribution in [0.25, 0.3) is 0 Å². The number of rotatable bonds is 2. The summed E-state index contributed by atoms with van der Waals surface area (Å²) in [5, 5.41) is 11.4. The van der Waals surface area contributed by atoms with Gasteiger partial charge < -0.3 is 10.2 Å². The van der Waals surface area contributed by atoms with Crippen molar-refractivity contribution in [3.8, 4) is 6.07 Å². The number of likely N-dealkylation sites (tertiary alicyclic amines) is 1. The van der Waals surface area contributed by atoms with E-state index in [9.17, 15) is 9.59 Å². The minimum Gasteiger partial charge on any atom is -0.323 e. The Kier molecular flexibility index (Phi) is 3.26. The molecule has 2 heterocycles. The Morgan fingerprint density at radius 3 is 2.50 bits per heavy atom.